The van der Waals surface area contributed by atoms with E-state index in [0.717, 1.165) is 11.3 Å². The van der Waals surface area contributed by atoms with Crippen LogP contribution in [0, 0.1) is 0 Å². The Bertz CT molecular complexity index is 705. The summed E-state index contributed by atoms with van der Waals surface area (Å²) >= 11 is 2.19. The minimum Gasteiger partial charge on any atom is -0.497 e. The summed E-state index contributed by atoms with van der Waals surface area (Å²) in [6.45, 7) is 0.692. The van der Waals surface area contributed by atoms with E-state index in [1.807, 2.05) is 6.92 Å². The average molecular weight is 391 g/mol. The van der Waals surface area contributed by atoms with E-state index in [9.17, 15) is 18.0 Å². The van der Waals surface area contributed by atoms with Crippen molar-refractivity contribution in [3.05, 3.63) is 29.8 Å². The second kappa shape index (κ2) is 8.52. The Morgan fingerprint density at radius 2 is 2.00 bits per heavy atom. The van der Waals surface area contributed by atoms with E-state index >= 15 is 0 Å². The molecule has 1 unspecified atom stereocenters. The zero-order valence-electron chi connectivity index (χ0n) is 13.5. The van der Waals surface area contributed by atoms with E-state index in [-0.39, 0.29) is 10.9 Å². The summed E-state index contributed by atoms with van der Waals surface area (Å²) in [4.78, 5) is 12.6. The zero-order chi connectivity index (χ0) is 18.4. The Kier molecular flexibility index (Phi) is 6.65. The largest absolute Gasteiger partial charge is 0.497 e. The van der Waals surface area contributed by atoms with Gasteiger partial charge in [-0.25, -0.2) is 0 Å². The first-order valence-corrected chi connectivity index (χ1v) is 9.01. The van der Waals surface area contributed by atoms with Gasteiger partial charge in [0, 0.05) is 5.56 Å². The van der Waals surface area contributed by atoms with Crippen molar-refractivity contribution in [2.24, 2.45) is 0 Å². The summed E-state index contributed by atoms with van der Waals surface area (Å²) in [5.41, 5.74) is 0.542. The number of methoxy groups -OCH3 is 1. The van der Waals surface area contributed by atoms with Crippen molar-refractivity contribution in [2.75, 3.05) is 19.0 Å². The number of hydrogen-bond donors (Lipinski definition) is 1. The molecule has 0 aliphatic rings. The third kappa shape index (κ3) is 5.89. The number of carbonyl (C=O) groups is 1. The van der Waals surface area contributed by atoms with Crippen molar-refractivity contribution in [1.82, 2.24) is 10.2 Å². The van der Waals surface area contributed by atoms with Crippen LogP contribution >= 0.6 is 23.1 Å². The van der Waals surface area contributed by atoms with Gasteiger partial charge in [-0.1, -0.05) is 30.0 Å². The van der Waals surface area contributed by atoms with Crippen LogP contribution in [0.4, 0.5) is 18.3 Å². The molecule has 5 nitrogen and oxygen atoms in total. The predicted molar refractivity (Wildman–Crippen MR) is 91.7 cm³/mol. The minimum absolute atomic E-state index is 0.0739. The monoisotopic (exact) mass is 391 g/mol. The number of Topliss-reactive ketones (excluding diaryl/α,β-unsaturated/α-hetero) is 1. The number of carbonyl (C=O) groups excluding carboxylic acids is 1. The maximum atomic E-state index is 12.6. The van der Waals surface area contributed by atoms with Gasteiger partial charge in [-0.2, -0.15) is 13.2 Å². The Morgan fingerprint density at radius 1 is 1.32 bits per heavy atom. The van der Waals surface area contributed by atoms with Gasteiger partial charge in [0.25, 0.3) is 0 Å². The van der Waals surface area contributed by atoms with E-state index in [0.29, 0.717) is 22.1 Å². The molecular weight excluding hydrogens is 375 g/mol. The summed E-state index contributed by atoms with van der Waals surface area (Å²) < 4.78 is 42.1. The molecule has 2 rings (SSSR count). The molecule has 1 atom stereocenters. The highest BCUT2D eigenvalue weighted by Crippen LogP contribution is 2.32. The van der Waals surface area contributed by atoms with Crippen molar-refractivity contribution in [2.45, 2.75) is 29.1 Å². The van der Waals surface area contributed by atoms with Crippen molar-refractivity contribution < 1.29 is 22.7 Å². The summed E-state index contributed by atoms with van der Waals surface area (Å²) in [5, 5.41) is 9.37. The molecule has 1 aromatic heterocycles. The van der Waals surface area contributed by atoms with Gasteiger partial charge in [0.1, 0.15) is 12.3 Å². The van der Waals surface area contributed by atoms with Gasteiger partial charge >= 0.3 is 6.18 Å². The molecule has 1 heterocycles. The topological polar surface area (TPSA) is 64.1 Å². The van der Waals surface area contributed by atoms with Gasteiger partial charge in [0.15, 0.2) is 10.1 Å². The summed E-state index contributed by atoms with van der Waals surface area (Å²) in [7, 11) is 1.54. The lowest BCUT2D eigenvalue weighted by atomic mass is 10.1. The van der Waals surface area contributed by atoms with Crippen LogP contribution < -0.4 is 10.1 Å². The maximum Gasteiger partial charge on any atom is 0.405 e. The molecule has 2 aromatic rings. The Morgan fingerprint density at radius 3 is 2.56 bits per heavy atom. The second-order valence-electron chi connectivity index (χ2n) is 4.95. The number of aromatic nitrogens is 2. The summed E-state index contributed by atoms with van der Waals surface area (Å²) in [6, 6.07) is 6.77. The van der Waals surface area contributed by atoms with Crippen molar-refractivity contribution >= 4 is 34.0 Å². The number of nitrogens with zero attached hydrogens (tertiary/aromatic N) is 2. The fourth-order valence-corrected chi connectivity index (χ4v) is 3.88. The lowest BCUT2D eigenvalue weighted by molar-refractivity contribution is -0.115. The molecule has 136 valence electrons. The van der Waals surface area contributed by atoms with E-state index < -0.39 is 18.0 Å². The third-order valence-corrected chi connectivity index (χ3v) is 5.46. The first-order valence-electron chi connectivity index (χ1n) is 7.31. The fraction of sp³-hybridized carbons (Fsp3) is 0.400. The van der Waals surface area contributed by atoms with Crippen LogP contribution in [0.25, 0.3) is 0 Å². The molecule has 0 saturated carbocycles. The molecular formula is C15H16F3N3O2S2. The van der Waals surface area contributed by atoms with Gasteiger partial charge in [-0.3, -0.25) is 4.79 Å². The highest BCUT2D eigenvalue weighted by molar-refractivity contribution is 8.02. The Hall–Kier alpha value is -1.81. The highest BCUT2D eigenvalue weighted by atomic mass is 32.2. The van der Waals surface area contributed by atoms with E-state index in [4.69, 9.17) is 4.74 Å². The second-order valence-corrected chi connectivity index (χ2v) is 7.38. The number of thioether (sulfide) groups is 1. The number of ketones is 1. The fourth-order valence-electron chi connectivity index (χ4n) is 1.89. The van der Waals surface area contributed by atoms with Gasteiger partial charge in [0.05, 0.1) is 12.4 Å². The number of alkyl halides is 3. The van der Waals surface area contributed by atoms with Gasteiger partial charge < -0.3 is 10.1 Å². The molecule has 25 heavy (non-hydrogen) atoms. The first-order chi connectivity index (χ1) is 11.8. The SMILES string of the molecule is CCC(Sc1nnc(NCC(F)(F)F)s1)C(=O)c1ccc(OC)cc1. The van der Waals surface area contributed by atoms with Crippen LogP contribution in [-0.4, -0.2) is 41.1 Å². The van der Waals surface area contributed by atoms with E-state index in [1.54, 1.807) is 31.4 Å². The lowest BCUT2D eigenvalue weighted by Crippen LogP contribution is -2.21. The molecule has 0 radical (unpaired) electrons. The van der Waals surface area contributed by atoms with Gasteiger partial charge in [-0.05, 0) is 30.7 Å². The standard InChI is InChI=1S/C15H16F3N3O2S2/c1-3-11(12(22)9-4-6-10(23-2)7-5-9)24-14-21-20-13(25-14)19-8-15(16,17)18/h4-7,11H,3,8H2,1-2H3,(H,19,20). The van der Waals surface area contributed by atoms with Crippen LogP contribution in [0.5, 0.6) is 5.75 Å². The third-order valence-electron chi connectivity index (χ3n) is 3.13. The number of nitrogens with one attached hydrogen (secondary N) is 1. The minimum atomic E-state index is -4.32. The molecule has 0 fully saturated rings. The number of ether oxygens (including phenoxy) is 1. The Balaban J connectivity index is 2.01. The average Bonchev–Trinajstić information content (AvgIpc) is 3.04. The van der Waals surface area contributed by atoms with Crippen LogP contribution in [0.2, 0.25) is 0 Å². The zero-order valence-corrected chi connectivity index (χ0v) is 15.1. The highest BCUT2D eigenvalue weighted by Gasteiger charge is 2.27. The number of anilines is 1. The molecule has 1 aromatic carbocycles. The number of halogens is 3. The smallest absolute Gasteiger partial charge is 0.405 e. The van der Waals surface area contributed by atoms with E-state index in [2.05, 4.69) is 15.5 Å². The molecule has 0 spiro atoms. The van der Waals surface area contributed by atoms with Crippen molar-refractivity contribution in [3.63, 3.8) is 0 Å². The molecule has 0 amide bonds. The van der Waals surface area contributed by atoms with Gasteiger partial charge in [-0.15, -0.1) is 10.2 Å². The summed E-state index contributed by atoms with van der Waals surface area (Å²) in [6.07, 6.45) is -3.77. The normalized spacial score (nSPS) is 12.7. The van der Waals surface area contributed by atoms with Crippen LogP contribution in [0.1, 0.15) is 23.7 Å². The van der Waals surface area contributed by atoms with Gasteiger partial charge in [0.2, 0.25) is 5.13 Å². The van der Waals surface area contributed by atoms with Crippen LogP contribution in [0.3, 0.4) is 0 Å². The molecule has 1 N–H and O–H groups in total. The number of benzene rings is 1. The Labute approximate surface area is 151 Å². The van der Waals surface area contributed by atoms with Crippen molar-refractivity contribution in [3.8, 4) is 5.75 Å². The molecule has 0 saturated heterocycles. The molecule has 0 aliphatic carbocycles. The molecule has 0 bridgehead atoms. The lowest BCUT2D eigenvalue weighted by Gasteiger charge is -2.11. The van der Waals surface area contributed by atoms with Crippen LogP contribution in [-0.2, 0) is 0 Å². The van der Waals surface area contributed by atoms with Crippen molar-refractivity contribution in [1.29, 1.82) is 0 Å². The number of hydrogen-bond acceptors (Lipinski definition) is 7. The molecule has 0 aliphatic heterocycles. The quantitative estimate of drug-likeness (QED) is 0.535. The predicted octanol–water partition coefficient (Wildman–Crippen LogP) is 4.27. The maximum absolute atomic E-state index is 12.6. The van der Waals surface area contributed by atoms with Crippen LogP contribution in [0.15, 0.2) is 28.6 Å². The number of rotatable bonds is 8. The molecule has 10 heteroatoms. The summed E-state index contributed by atoms with van der Waals surface area (Å²) in [5.74, 6) is 0.580. The van der Waals surface area contributed by atoms with E-state index in [1.165, 1.54) is 11.8 Å². The first kappa shape index (κ1) is 19.5.